The van der Waals surface area contributed by atoms with Crippen molar-refractivity contribution < 1.29 is 17.9 Å². The number of nitrogens with one attached hydrogen (secondary N) is 1. The molecule has 0 saturated heterocycles. The van der Waals surface area contributed by atoms with E-state index in [1.807, 2.05) is 12.1 Å². The molecule has 0 aliphatic rings. The minimum atomic E-state index is -3.45. The molecule has 0 aromatic heterocycles. The second kappa shape index (κ2) is 9.98. The summed E-state index contributed by atoms with van der Waals surface area (Å²) in [7, 11) is -0.491. The number of ether oxygens (including phenoxy) is 1. The standard InChI is InChI=1S/C18H21ClN2O4S2/c1-21(2)27(23,24)17-9-5-15(6-10-17)25-12-11-20-18(22)13-26-16-7-3-14(19)4-8-16/h3-10H,11-13H2,1-2H3,(H,20,22). The molecule has 0 unspecified atom stereocenters. The predicted molar refractivity (Wildman–Crippen MR) is 108 cm³/mol. The van der Waals surface area contributed by atoms with Gasteiger partial charge in [0.25, 0.3) is 0 Å². The van der Waals surface area contributed by atoms with E-state index in [0.29, 0.717) is 23.1 Å². The molecule has 0 aliphatic carbocycles. The molecule has 0 fully saturated rings. The molecular formula is C18H21ClN2O4S2. The Morgan fingerprint density at radius 3 is 2.33 bits per heavy atom. The molecule has 2 aromatic carbocycles. The quantitative estimate of drug-likeness (QED) is 0.491. The van der Waals surface area contributed by atoms with Gasteiger partial charge in [-0.25, -0.2) is 12.7 Å². The highest BCUT2D eigenvalue weighted by Crippen LogP contribution is 2.20. The molecule has 6 nitrogen and oxygen atoms in total. The van der Waals surface area contributed by atoms with Crippen molar-refractivity contribution in [3.63, 3.8) is 0 Å². The molecule has 2 aromatic rings. The van der Waals surface area contributed by atoms with Crippen LogP contribution in [0.1, 0.15) is 0 Å². The molecule has 27 heavy (non-hydrogen) atoms. The zero-order valence-corrected chi connectivity index (χ0v) is 17.4. The fraction of sp³-hybridized carbons (Fsp3) is 0.278. The van der Waals surface area contributed by atoms with Gasteiger partial charge in [0.1, 0.15) is 12.4 Å². The minimum Gasteiger partial charge on any atom is -0.492 e. The topological polar surface area (TPSA) is 75.7 Å². The molecule has 0 bridgehead atoms. The summed E-state index contributed by atoms with van der Waals surface area (Å²) in [6, 6.07) is 13.5. The van der Waals surface area contributed by atoms with Crippen LogP contribution in [0.4, 0.5) is 0 Å². The van der Waals surface area contributed by atoms with Gasteiger partial charge in [-0.3, -0.25) is 4.79 Å². The average Bonchev–Trinajstić information content (AvgIpc) is 2.65. The van der Waals surface area contributed by atoms with Crippen molar-refractivity contribution in [3.05, 3.63) is 53.6 Å². The van der Waals surface area contributed by atoms with Crippen molar-refractivity contribution in [3.8, 4) is 5.75 Å². The number of nitrogens with zero attached hydrogens (tertiary/aromatic N) is 1. The molecule has 0 spiro atoms. The van der Waals surface area contributed by atoms with Gasteiger partial charge in [0.05, 0.1) is 17.2 Å². The fourth-order valence-corrected chi connectivity index (χ4v) is 3.76. The van der Waals surface area contributed by atoms with Crippen LogP contribution in [0.5, 0.6) is 5.75 Å². The molecule has 9 heteroatoms. The summed E-state index contributed by atoms with van der Waals surface area (Å²) in [4.78, 5) is 13.0. The van der Waals surface area contributed by atoms with Crippen molar-refractivity contribution in [2.45, 2.75) is 9.79 Å². The van der Waals surface area contributed by atoms with Crippen LogP contribution in [0.3, 0.4) is 0 Å². The van der Waals surface area contributed by atoms with Gasteiger partial charge in [-0.2, -0.15) is 0 Å². The number of carbonyl (C=O) groups excluding carboxylic acids is 1. The minimum absolute atomic E-state index is 0.0917. The number of halogens is 1. The third-order valence-electron chi connectivity index (χ3n) is 3.48. The van der Waals surface area contributed by atoms with E-state index in [1.54, 1.807) is 24.3 Å². The van der Waals surface area contributed by atoms with E-state index in [9.17, 15) is 13.2 Å². The second-order valence-corrected chi connectivity index (χ2v) is 9.34. The van der Waals surface area contributed by atoms with Crippen molar-refractivity contribution in [2.24, 2.45) is 0 Å². The van der Waals surface area contributed by atoms with Crippen LogP contribution in [0.15, 0.2) is 58.3 Å². The summed E-state index contributed by atoms with van der Waals surface area (Å²) in [5, 5.41) is 3.43. The fourth-order valence-electron chi connectivity index (χ4n) is 2.01. The number of sulfonamides is 1. The Balaban J connectivity index is 1.70. The highest BCUT2D eigenvalue weighted by atomic mass is 35.5. The zero-order valence-electron chi connectivity index (χ0n) is 15.0. The van der Waals surface area contributed by atoms with Gasteiger partial charge in [0.2, 0.25) is 15.9 Å². The van der Waals surface area contributed by atoms with Gasteiger partial charge >= 0.3 is 0 Å². The number of thioether (sulfide) groups is 1. The second-order valence-electron chi connectivity index (χ2n) is 5.70. The summed E-state index contributed by atoms with van der Waals surface area (Å²) in [6.07, 6.45) is 0. The molecule has 0 aliphatic heterocycles. The van der Waals surface area contributed by atoms with Crippen LogP contribution in [-0.2, 0) is 14.8 Å². The van der Waals surface area contributed by atoms with Crippen LogP contribution in [0, 0.1) is 0 Å². The van der Waals surface area contributed by atoms with E-state index >= 15 is 0 Å². The lowest BCUT2D eigenvalue weighted by atomic mass is 10.3. The van der Waals surface area contributed by atoms with Crippen molar-refractivity contribution in [1.29, 1.82) is 0 Å². The van der Waals surface area contributed by atoms with E-state index in [0.717, 1.165) is 9.20 Å². The molecule has 1 N–H and O–H groups in total. The largest absolute Gasteiger partial charge is 0.492 e. The number of hydrogen-bond donors (Lipinski definition) is 1. The maximum Gasteiger partial charge on any atom is 0.242 e. The smallest absolute Gasteiger partial charge is 0.242 e. The van der Waals surface area contributed by atoms with Crippen molar-refractivity contribution >= 4 is 39.3 Å². The van der Waals surface area contributed by atoms with E-state index in [-0.39, 0.29) is 17.4 Å². The summed E-state index contributed by atoms with van der Waals surface area (Å²) in [5.41, 5.74) is 0. The van der Waals surface area contributed by atoms with Gasteiger partial charge in [-0.1, -0.05) is 11.6 Å². The molecule has 0 saturated carbocycles. The number of carbonyl (C=O) groups is 1. The Morgan fingerprint density at radius 1 is 1.11 bits per heavy atom. The lowest BCUT2D eigenvalue weighted by Gasteiger charge is -2.12. The number of amides is 1. The van der Waals surface area contributed by atoms with Gasteiger partial charge in [0.15, 0.2) is 0 Å². The van der Waals surface area contributed by atoms with Crippen LogP contribution < -0.4 is 10.1 Å². The third kappa shape index (κ3) is 6.73. The van der Waals surface area contributed by atoms with E-state index in [4.69, 9.17) is 16.3 Å². The van der Waals surface area contributed by atoms with Gasteiger partial charge in [-0.15, -0.1) is 11.8 Å². The first-order chi connectivity index (χ1) is 12.8. The van der Waals surface area contributed by atoms with Gasteiger partial charge in [-0.05, 0) is 48.5 Å². The summed E-state index contributed by atoms with van der Waals surface area (Å²) < 4.78 is 30.6. The lowest BCUT2D eigenvalue weighted by molar-refractivity contribution is -0.118. The Hall–Kier alpha value is -1.74. The molecule has 0 atom stereocenters. The maximum absolute atomic E-state index is 12.0. The average molecular weight is 429 g/mol. The SMILES string of the molecule is CN(C)S(=O)(=O)c1ccc(OCCNC(=O)CSc2ccc(Cl)cc2)cc1. The van der Waals surface area contributed by atoms with E-state index < -0.39 is 10.0 Å². The monoisotopic (exact) mass is 428 g/mol. The van der Waals surface area contributed by atoms with Gasteiger partial charge in [0, 0.05) is 24.0 Å². The maximum atomic E-state index is 12.0. The number of benzene rings is 2. The number of rotatable bonds is 9. The van der Waals surface area contributed by atoms with Crippen LogP contribution >= 0.6 is 23.4 Å². The summed E-state index contributed by atoms with van der Waals surface area (Å²) >= 11 is 7.25. The molecule has 0 heterocycles. The third-order valence-corrected chi connectivity index (χ3v) is 6.57. The normalized spacial score (nSPS) is 11.4. The van der Waals surface area contributed by atoms with E-state index in [1.165, 1.54) is 38.0 Å². The highest BCUT2D eigenvalue weighted by molar-refractivity contribution is 8.00. The Kier molecular flexibility index (Phi) is 7.97. The molecule has 0 radical (unpaired) electrons. The van der Waals surface area contributed by atoms with E-state index in [2.05, 4.69) is 5.32 Å². The molecular weight excluding hydrogens is 408 g/mol. The summed E-state index contributed by atoms with van der Waals surface area (Å²) in [5.74, 6) is 0.752. The Bertz CT molecular complexity index is 854. The Labute approximate surface area is 168 Å². The highest BCUT2D eigenvalue weighted by Gasteiger charge is 2.16. The van der Waals surface area contributed by atoms with Crippen molar-refractivity contribution in [2.75, 3.05) is 33.0 Å². The predicted octanol–water partition coefficient (Wildman–Crippen LogP) is 2.88. The lowest BCUT2D eigenvalue weighted by Crippen LogP contribution is -2.29. The van der Waals surface area contributed by atoms with Gasteiger partial charge < -0.3 is 10.1 Å². The molecule has 2 rings (SSSR count). The molecule has 146 valence electrons. The zero-order chi connectivity index (χ0) is 19.9. The van der Waals surface area contributed by atoms with Crippen molar-refractivity contribution in [1.82, 2.24) is 9.62 Å². The molecule has 1 amide bonds. The van der Waals surface area contributed by atoms with Crippen LogP contribution in [-0.4, -0.2) is 51.6 Å². The summed E-state index contributed by atoms with van der Waals surface area (Å²) in [6.45, 7) is 0.648. The first-order valence-corrected chi connectivity index (χ1v) is 10.9. The van der Waals surface area contributed by atoms with Crippen LogP contribution in [0.25, 0.3) is 0 Å². The first-order valence-electron chi connectivity index (χ1n) is 8.09. The number of hydrogen-bond acceptors (Lipinski definition) is 5. The Morgan fingerprint density at radius 2 is 1.74 bits per heavy atom. The van der Waals surface area contributed by atoms with Crippen LogP contribution in [0.2, 0.25) is 5.02 Å². The first kappa shape index (κ1) is 21.6.